The second-order valence-corrected chi connectivity index (χ2v) is 5.76. The molecular weight excluding hydrogens is 235 g/mol. The van der Waals surface area contributed by atoms with Gasteiger partial charge in [-0.05, 0) is 36.8 Å². The summed E-state index contributed by atoms with van der Waals surface area (Å²) in [4.78, 5) is 0. The van der Waals surface area contributed by atoms with Crippen LogP contribution in [0.15, 0.2) is 18.2 Å². The molecule has 0 bridgehead atoms. The van der Waals surface area contributed by atoms with Gasteiger partial charge in [-0.15, -0.1) is 0 Å². The summed E-state index contributed by atoms with van der Waals surface area (Å²) in [6.45, 7) is 2.20. The summed E-state index contributed by atoms with van der Waals surface area (Å²) in [5.74, 6) is 0.760. The van der Waals surface area contributed by atoms with Gasteiger partial charge in [0.25, 0.3) is 0 Å². The largest absolute Gasteiger partial charge is 0.381 e. The third kappa shape index (κ3) is 2.92. The van der Waals surface area contributed by atoms with Crippen LogP contribution in [0.2, 0.25) is 0 Å². The van der Waals surface area contributed by atoms with Gasteiger partial charge in [0.2, 0.25) is 0 Å². The Morgan fingerprint density at radius 3 is 3.06 bits per heavy atom. The van der Waals surface area contributed by atoms with Gasteiger partial charge >= 0.3 is 0 Å². The fraction of sp³-hybridized carbons (Fsp3) is 0.462. The van der Waals surface area contributed by atoms with Crippen LogP contribution in [0.4, 0.5) is 10.1 Å². The highest BCUT2D eigenvalue weighted by Crippen LogP contribution is 2.28. The summed E-state index contributed by atoms with van der Waals surface area (Å²) in [5.41, 5.74) is 0.938. The van der Waals surface area contributed by atoms with Crippen LogP contribution in [0.3, 0.4) is 0 Å². The highest BCUT2D eigenvalue weighted by atomic mass is 32.2. The van der Waals surface area contributed by atoms with Gasteiger partial charge in [-0.3, -0.25) is 0 Å². The van der Waals surface area contributed by atoms with Crippen LogP contribution in [0.25, 0.3) is 0 Å². The topological polar surface area (TPSA) is 35.8 Å². The molecule has 1 aromatic carbocycles. The first-order valence-electron chi connectivity index (χ1n) is 5.78. The molecule has 2 nitrogen and oxygen atoms in total. The lowest BCUT2D eigenvalue weighted by atomic mass is 10.1. The minimum Gasteiger partial charge on any atom is -0.381 e. The van der Waals surface area contributed by atoms with Crippen molar-refractivity contribution < 1.29 is 4.39 Å². The molecule has 90 valence electrons. The number of nitrogens with one attached hydrogen (secondary N) is 1. The van der Waals surface area contributed by atoms with Crippen molar-refractivity contribution in [2.45, 2.75) is 31.1 Å². The molecule has 0 amide bonds. The smallest absolute Gasteiger partial charge is 0.141 e. The van der Waals surface area contributed by atoms with E-state index in [1.807, 2.05) is 17.8 Å². The molecule has 2 unspecified atom stereocenters. The summed E-state index contributed by atoms with van der Waals surface area (Å²) < 4.78 is 13.2. The van der Waals surface area contributed by atoms with E-state index < -0.39 is 5.82 Å². The van der Waals surface area contributed by atoms with Crippen LogP contribution >= 0.6 is 11.8 Å². The second kappa shape index (κ2) is 5.42. The van der Waals surface area contributed by atoms with Gasteiger partial charge in [0.15, 0.2) is 0 Å². The van der Waals surface area contributed by atoms with Crippen molar-refractivity contribution in [2.75, 3.05) is 11.1 Å². The van der Waals surface area contributed by atoms with Gasteiger partial charge < -0.3 is 5.32 Å². The second-order valence-electron chi connectivity index (χ2n) is 4.28. The zero-order chi connectivity index (χ0) is 12.3. The molecule has 0 saturated carbocycles. The molecule has 0 spiro atoms. The first-order valence-corrected chi connectivity index (χ1v) is 6.83. The number of anilines is 1. The molecule has 1 aliphatic heterocycles. The van der Waals surface area contributed by atoms with E-state index in [9.17, 15) is 4.39 Å². The summed E-state index contributed by atoms with van der Waals surface area (Å²) in [6.07, 6.45) is 2.34. The Bertz CT molecular complexity index is 442. The molecule has 2 rings (SSSR count). The molecule has 17 heavy (non-hydrogen) atoms. The van der Waals surface area contributed by atoms with Crippen LogP contribution in [0.5, 0.6) is 0 Å². The molecule has 0 aliphatic carbocycles. The summed E-state index contributed by atoms with van der Waals surface area (Å²) in [5, 5.41) is 12.7. The molecule has 0 aromatic heterocycles. The fourth-order valence-electron chi connectivity index (χ4n) is 2.03. The van der Waals surface area contributed by atoms with Crippen molar-refractivity contribution in [3.05, 3.63) is 29.6 Å². The minimum atomic E-state index is -0.455. The number of hydrogen-bond donors (Lipinski definition) is 1. The third-order valence-corrected chi connectivity index (χ3v) is 4.42. The van der Waals surface area contributed by atoms with Crippen LogP contribution < -0.4 is 5.32 Å². The Morgan fingerprint density at radius 1 is 1.53 bits per heavy atom. The van der Waals surface area contributed by atoms with Gasteiger partial charge in [0.05, 0.1) is 5.56 Å². The SMILES string of the molecule is CC1SCCCC1Nc1ccc(F)c(C#N)c1. The standard InChI is InChI=1S/C13H15FN2S/c1-9-13(3-2-6-17-9)16-11-4-5-12(14)10(7-11)8-15/h4-5,7,9,13,16H,2-3,6H2,1H3. The molecule has 1 aromatic rings. The molecule has 4 heteroatoms. The monoisotopic (exact) mass is 250 g/mol. The number of rotatable bonds is 2. The van der Waals surface area contributed by atoms with Crippen molar-refractivity contribution in [3.8, 4) is 6.07 Å². The predicted molar refractivity (Wildman–Crippen MR) is 69.7 cm³/mol. The first kappa shape index (κ1) is 12.3. The summed E-state index contributed by atoms with van der Waals surface area (Å²) in [6, 6.07) is 6.90. The van der Waals surface area contributed by atoms with Gasteiger partial charge in [0, 0.05) is 17.0 Å². The molecule has 1 heterocycles. The Hall–Kier alpha value is -1.21. The Kier molecular flexibility index (Phi) is 3.90. The quantitative estimate of drug-likeness (QED) is 0.874. The predicted octanol–water partition coefficient (Wildman–Crippen LogP) is 3.39. The molecule has 1 fully saturated rings. The maximum absolute atomic E-state index is 13.2. The maximum Gasteiger partial charge on any atom is 0.141 e. The highest BCUT2D eigenvalue weighted by molar-refractivity contribution is 8.00. The normalized spacial score (nSPS) is 24.1. The number of hydrogen-bond acceptors (Lipinski definition) is 3. The Morgan fingerprint density at radius 2 is 2.35 bits per heavy atom. The number of halogens is 1. The Balaban J connectivity index is 2.10. The van der Waals surface area contributed by atoms with E-state index in [0.29, 0.717) is 11.3 Å². The average Bonchev–Trinajstić information content (AvgIpc) is 2.34. The molecule has 1 N–H and O–H groups in total. The van der Waals surface area contributed by atoms with Gasteiger partial charge in [0.1, 0.15) is 11.9 Å². The van der Waals surface area contributed by atoms with Crippen LogP contribution in [0, 0.1) is 17.1 Å². The summed E-state index contributed by atoms with van der Waals surface area (Å²) >= 11 is 1.96. The molecule has 0 radical (unpaired) electrons. The van der Waals surface area contributed by atoms with Crippen molar-refractivity contribution in [1.82, 2.24) is 0 Å². The zero-order valence-corrected chi connectivity index (χ0v) is 10.6. The zero-order valence-electron chi connectivity index (χ0n) is 9.74. The summed E-state index contributed by atoms with van der Waals surface area (Å²) in [7, 11) is 0. The van der Waals surface area contributed by atoms with E-state index in [0.717, 1.165) is 12.1 Å². The van der Waals surface area contributed by atoms with E-state index >= 15 is 0 Å². The number of thioether (sulfide) groups is 1. The molecular formula is C13H15FN2S. The van der Waals surface area contributed by atoms with E-state index in [4.69, 9.17) is 5.26 Å². The average molecular weight is 250 g/mol. The minimum absolute atomic E-state index is 0.103. The fourth-order valence-corrected chi connectivity index (χ4v) is 3.17. The molecule has 1 aliphatic rings. The van der Waals surface area contributed by atoms with Crippen LogP contribution in [0.1, 0.15) is 25.3 Å². The lowest BCUT2D eigenvalue weighted by molar-refractivity contribution is 0.613. The number of benzene rings is 1. The van der Waals surface area contributed by atoms with Crippen molar-refractivity contribution in [3.63, 3.8) is 0 Å². The van der Waals surface area contributed by atoms with E-state index in [1.165, 1.54) is 18.2 Å². The number of nitriles is 1. The first-order chi connectivity index (χ1) is 8.20. The maximum atomic E-state index is 13.2. The molecule has 1 saturated heterocycles. The van der Waals surface area contributed by atoms with E-state index in [1.54, 1.807) is 12.1 Å². The lowest BCUT2D eigenvalue weighted by Crippen LogP contribution is -2.32. The Labute approximate surface area is 105 Å². The van der Waals surface area contributed by atoms with Gasteiger partial charge in [-0.25, -0.2) is 4.39 Å². The van der Waals surface area contributed by atoms with E-state index in [2.05, 4.69) is 12.2 Å². The van der Waals surface area contributed by atoms with Crippen molar-refractivity contribution >= 4 is 17.4 Å². The van der Waals surface area contributed by atoms with Gasteiger partial charge in [-0.1, -0.05) is 6.92 Å². The third-order valence-electron chi connectivity index (χ3n) is 3.05. The number of nitrogens with zero attached hydrogens (tertiary/aromatic N) is 1. The van der Waals surface area contributed by atoms with Crippen LogP contribution in [-0.2, 0) is 0 Å². The lowest BCUT2D eigenvalue weighted by Gasteiger charge is -2.30. The van der Waals surface area contributed by atoms with Crippen molar-refractivity contribution in [1.29, 1.82) is 5.26 Å². The van der Waals surface area contributed by atoms with E-state index in [-0.39, 0.29) is 5.56 Å². The van der Waals surface area contributed by atoms with Gasteiger partial charge in [-0.2, -0.15) is 17.0 Å². The highest BCUT2D eigenvalue weighted by Gasteiger charge is 2.21. The van der Waals surface area contributed by atoms with Crippen LogP contribution in [-0.4, -0.2) is 17.0 Å². The van der Waals surface area contributed by atoms with Crippen molar-refractivity contribution in [2.24, 2.45) is 0 Å². The molecule has 2 atom stereocenters.